The summed E-state index contributed by atoms with van der Waals surface area (Å²) in [5, 5.41) is 32.4. The highest BCUT2D eigenvalue weighted by molar-refractivity contribution is 6.30. The Labute approximate surface area is 180 Å². The van der Waals surface area contributed by atoms with Gasteiger partial charge >= 0.3 is 0 Å². The van der Waals surface area contributed by atoms with Crippen LogP contribution in [0.15, 0.2) is 47.3 Å². The van der Waals surface area contributed by atoms with E-state index in [2.05, 4.69) is 31.0 Å². The monoisotopic (exact) mass is 437 g/mol. The molecule has 1 unspecified atom stereocenters. The number of tetrazole rings is 1. The second-order valence-electron chi connectivity index (χ2n) is 6.83. The summed E-state index contributed by atoms with van der Waals surface area (Å²) < 4.78 is 7.11. The van der Waals surface area contributed by atoms with Crippen LogP contribution in [-0.2, 0) is 0 Å². The first kappa shape index (κ1) is 19.1. The number of halogens is 1. The van der Waals surface area contributed by atoms with Gasteiger partial charge < -0.3 is 15.2 Å². The van der Waals surface area contributed by atoms with E-state index in [0.29, 0.717) is 45.8 Å². The fourth-order valence-electron chi connectivity index (χ4n) is 3.65. The van der Waals surface area contributed by atoms with E-state index in [0.717, 1.165) is 5.56 Å². The number of nitrogens with zero attached hydrogens (tertiary/aromatic N) is 5. The van der Waals surface area contributed by atoms with Crippen LogP contribution in [0.4, 0.5) is 11.6 Å². The van der Waals surface area contributed by atoms with Crippen LogP contribution in [-0.4, -0.2) is 42.1 Å². The average Bonchev–Trinajstić information content (AvgIpc) is 3.24. The molecular weight excluding hydrogens is 422 g/mol. The maximum Gasteiger partial charge on any atom is 0.288 e. The summed E-state index contributed by atoms with van der Waals surface area (Å²) in [5.74, 6) is 0.640. The van der Waals surface area contributed by atoms with Crippen molar-refractivity contribution >= 4 is 23.2 Å². The van der Waals surface area contributed by atoms with Crippen LogP contribution in [0.1, 0.15) is 24.1 Å². The number of aromatic hydroxyl groups is 1. The smallest absolute Gasteiger partial charge is 0.288 e. The van der Waals surface area contributed by atoms with Crippen LogP contribution in [0.2, 0.25) is 5.02 Å². The largest absolute Gasteiger partial charge is 0.504 e. The van der Waals surface area contributed by atoms with Gasteiger partial charge in [0.15, 0.2) is 11.5 Å². The fraction of sp³-hybridized carbons (Fsp3) is 0.150. The minimum atomic E-state index is -0.596. The topological polar surface area (TPSA) is 131 Å². The van der Waals surface area contributed by atoms with Crippen LogP contribution < -0.4 is 15.6 Å². The van der Waals surface area contributed by atoms with Crippen molar-refractivity contribution in [3.8, 4) is 22.8 Å². The Kier molecular flexibility index (Phi) is 4.55. The molecule has 0 radical (unpaired) electrons. The number of benzene rings is 2. The van der Waals surface area contributed by atoms with Gasteiger partial charge in [-0.1, -0.05) is 34.9 Å². The van der Waals surface area contributed by atoms with Gasteiger partial charge in [-0.3, -0.25) is 4.79 Å². The lowest BCUT2D eigenvalue weighted by molar-refractivity contribution is 0.317. The van der Waals surface area contributed by atoms with Gasteiger partial charge in [-0.05, 0) is 47.2 Å². The molecule has 4 aromatic rings. The molecular formula is C20H16ClN7O3. The highest BCUT2D eigenvalue weighted by atomic mass is 35.5. The molecule has 156 valence electrons. The Morgan fingerprint density at radius 1 is 1.23 bits per heavy atom. The van der Waals surface area contributed by atoms with Crippen LogP contribution in [0.5, 0.6) is 11.5 Å². The number of ether oxygens (including phenoxy) is 1. The minimum Gasteiger partial charge on any atom is -0.504 e. The Hall–Kier alpha value is -3.92. The van der Waals surface area contributed by atoms with Crippen LogP contribution in [0.25, 0.3) is 11.3 Å². The Balaban J connectivity index is 1.78. The zero-order valence-corrected chi connectivity index (χ0v) is 17.0. The molecule has 1 aliphatic rings. The van der Waals surface area contributed by atoms with Crippen LogP contribution in [0, 0.1) is 0 Å². The number of phenols is 1. The van der Waals surface area contributed by atoms with Crippen molar-refractivity contribution in [1.82, 2.24) is 30.4 Å². The van der Waals surface area contributed by atoms with Gasteiger partial charge in [-0.2, -0.15) is 9.78 Å². The molecule has 0 saturated carbocycles. The third kappa shape index (κ3) is 3.17. The second kappa shape index (κ2) is 7.40. The van der Waals surface area contributed by atoms with Crippen molar-refractivity contribution in [1.29, 1.82) is 0 Å². The summed E-state index contributed by atoms with van der Waals surface area (Å²) >= 11 is 6.05. The Bertz CT molecular complexity index is 1330. The molecule has 11 heteroatoms. The first-order chi connectivity index (χ1) is 15.1. The number of hydrogen-bond acceptors (Lipinski definition) is 8. The average molecular weight is 438 g/mol. The molecule has 0 fully saturated rings. The number of rotatable bonds is 4. The van der Waals surface area contributed by atoms with E-state index >= 15 is 0 Å². The summed E-state index contributed by atoms with van der Waals surface area (Å²) in [4.78, 5) is 12.7. The molecule has 5 rings (SSSR count). The molecule has 0 spiro atoms. The number of phenolic OH excluding ortho intramolecular Hbond substituents is 1. The van der Waals surface area contributed by atoms with Crippen LogP contribution in [0.3, 0.4) is 0 Å². The SMILES string of the molecule is CCOc1cc(C2c3c(-c4ccc(Cl)cc4)n[nH]c(=O)c3Nc3nnnn32)ccc1O. The highest BCUT2D eigenvalue weighted by Crippen LogP contribution is 2.42. The van der Waals surface area contributed by atoms with Gasteiger partial charge in [0, 0.05) is 16.1 Å². The van der Waals surface area contributed by atoms with Crippen LogP contribution >= 0.6 is 11.6 Å². The van der Waals surface area contributed by atoms with Crippen molar-refractivity contribution in [3.63, 3.8) is 0 Å². The van der Waals surface area contributed by atoms with Crippen molar-refractivity contribution in [2.24, 2.45) is 0 Å². The summed E-state index contributed by atoms with van der Waals surface area (Å²) in [5.41, 5.74) is 2.47. The normalized spacial score (nSPS) is 14.5. The molecule has 0 saturated heterocycles. The quantitative estimate of drug-likeness (QED) is 0.391. The zero-order chi connectivity index (χ0) is 21.5. The highest BCUT2D eigenvalue weighted by Gasteiger charge is 2.34. The number of anilines is 2. The van der Waals surface area contributed by atoms with E-state index in [9.17, 15) is 9.90 Å². The van der Waals surface area contributed by atoms with Crippen molar-refractivity contribution in [2.75, 3.05) is 11.9 Å². The third-order valence-electron chi connectivity index (χ3n) is 4.99. The fourth-order valence-corrected chi connectivity index (χ4v) is 3.77. The van der Waals surface area contributed by atoms with Gasteiger partial charge in [0.05, 0.1) is 12.3 Å². The molecule has 0 bridgehead atoms. The number of fused-ring (bicyclic) bond motifs is 2. The molecule has 1 aliphatic heterocycles. The maximum absolute atomic E-state index is 12.7. The lowest BCUT2D eigenvalue weighted by Gasteiger charge is -2.28. The maximum atomic E-state index is 12.7. The molecule has 2 aromatic carbocycles. The molecule has 3 N–H and O–H groups in total. The molecule has 31 heavy (non-hydrogen) atoms. The third-order valence-corrected chi connectivity index (χ3v) is 5.24. The summed E-state index contributed by atoms with van der Waals surface area (Å²) in [6.07, 6.45) is 0. The first-order valence-corrected chi connectivity index (χ1v) is 9.83. The number of hydrogen-bond donors (Lipinski definition) is 3. The number of H-pyrrole nitrogens is 1. The predicted molar refractivity (Wildman–Crippen MR) is 113 cm³/mol. The summed E-state index contributed by atoms with van der Waals surface area (Å²) in [7, 11) is 0. The lowest BCUT2D eigenvalue weighted by Crippen LogP contribution is -2.29. The number of aromatic nitrogens is 6. The van der Waals surface area contributed by atoms with Gasteiger partial charge in [-0.25, -0.2) is 5.10 Å². The van der Waals surface area contributed by atoms with Crippen molar-refractivity contribution in [3.05, 3.63) is 69.0 Å². The van der Waals surface area contributed by atoms with E-state index in [-0.39, 0.29) is 5.75 Å². The van der Waals surface area contributed by atoms with E-state index in [4.69, 9.17) is 16.3 Å². The van der Waals surface area contributed by atoms with E-state index in [1.54, 1.807) is 28.9 Å². The van der Waals surface area contributed by atoms with Gasteiger partial charge in [0.2, 0.25) is 5.95 Å². The molecule has 0 amide bonds. The Morgan fingerprint density at radius 3 is 2.81 bits per heavy atom. The van der Waals surface area contributed by atoms with Gasteiger partial charge in [0.25, 0.3) is 5.56 Å². The zero-order valence-electron chi connectivity index (χ0n) is 16.2. The van der Waals surface area contributed by atoms with Crippen molar-refractivity contribution in [2.45, 2.75) is 13.0 Å². The van der Waals surface area contributed by atoms with Gasteiger partial charge in [0.1, 0.15) is 11.7 Å². The minimum absolute atomic E-state index is 0.0126. The standard InChI is InChI=1S/C20H16ClN7O3/c1-2-31-14-9-11(5-8-13(14)29)18-15-16(10-3-6-12(21)7-4-10)23-24-19(30)17(15)22-20-25-26-27-28(18)20/h3-9,18,29H,2H2,1H3,(H,24,30)(H,22,25,27). The Morgan fingerprint density at radius 2 is 2.03 bits per heavy atom. The predicted octanol–water partition coefficient (Wildman–Crippen LogP) is 2.88. The summed E-state index contributed by atoms with van der Waals surface area (Å²) in [6.45, 7) is 2.21. The molecule has 2 aromatic heterocycles. The van der Waals surface area contributed by atoms with Crippen molar-refractivity contribution < 1.29 is 9.84 Å². The van der Waals surface area contributed by atoms with E-state index in [1.165, 1.54) is 6.07 Å². The lowest BCUT2D eigenvalue weighted by atomic mass is 9.92. The van der Waals surface area contributed by atoms with Gasteiger partial charge in [-0.15, -0.1) is 0 Å². The van der Waals surface area contributed by atoms with E-state index in [1.807, 2.05) is 19.1 Å². The molecule has 3 heterocycles. The number of aromatic amines is 1. The van der Waals surface area contributed by atoms with E-state index < -0.39 is 11.6 Å². The number of nitrogens with one attached hydrogen (secondary N) is 2. The molecule has 0 aliphatic carbocycles. The molecule has 10 nitrogen and oxygen atoms in total. The molecule has 1 atom stereocenters. The summed E-state index contributed by atoms with van der Waals surface area (Å²) in [6, 6.07) is 11.5. The second-order valence-corrected chi connectivity index (χ2v) is 7.27. The first-order valence-electron chi connectivity index (χ1n) is 9.46.